The molecule has 2 nitrogen and oxygen atoms in total. The van der Waals surface area contributed by atoms with Gasteiger partial charge in [-0.1, -0.05) is 13.8 Å². The van der Waals surface area contributed by atoms with Crippen molar-refractivity contribution in [3.63, 3.8) is 0 Å². The third-order valence-corrected chi connectivity index (χ3v) is 1.78. The van der Waals surface area contributed by atoms with E-state index >= 15 is 0 Å². The van der Waals surface area contributed by atoms with Crippen molar-refractivity contribution in [3.05, 3.63) is 0 Å². The molecule has 60 valence electrons. The van der Waals surface area contributed by atoms with Crippen molar-refractivity contribution in [3.8, 4) is 0 Å². The number of nitrogens with one attached hydrogen (secondary N) is 1. The molecular weight excluding hydrogens is 126 g/mol. The molecule has 1 atom stereocenters. The minimum atomic E-state index is 0.0366. The molecule has 10 heavy (non-hydrogen) atoms. The van der Waals surface area contributed by atoms with E-state index in [1.54, 1.807) is 0 Å². The van der Waals surface area contributed by atoms with Crippen LogP contribution in [-0.2, 0) is 4.74 Å². The van der Waals surface area contributed by atoms with Crippen LogP contribution in [0.15, 0.2) is 0 Å². The summed E-state index contributed by atoms with van der Waals surface area (Å²) < 4.78 is 5.70. The van der Waals surface area contributed by atoms with Crippen LogP contribution in [0.3, 0.4) is 0 Å². The van der Waals surface area contributed by atoms with E-state index in [0.29, 0.717) is 5.92 Å². The summed E-state index contributed by atoms with van der Waals surface area (Å²) in [5, 5.41) is 3.32. The number of hydrogen-bond acceptors (Lipinski definition) is 2. The average molecular weight is 143 g/mol. The van der Waals surface area contributed by atoms with E-state index in [2.05, 4.69) is 33.0 Å². The molecule has 1 fully saturated rings. The normalized spacial score (nSPS) is 31.5. The maximum Gasteiger partial charge on any atom is 0.111 e. The predicted octanol–water partition coefficient (Wildman–Crippen LogP) is 1.37. The molecule has 1 heterocycles. The zero-order valence-corrected chi connectivity index (χ0v) is 7.27. The fourth-order valence-corrected chi connectivity index (χ4v) is 1.15. The minimum Gasteiger partial charge on any atom is -0.356 e. The number of ether oxygens (including phenoxy) is 1. The molecule has 0 aromatic heterocycles. The van der Waals surface area contributed by atoms with E-state index in [4.69, 9.17) is 4.74 Å². The molecule has 0 aliphatic carbocycles. The molecule has 1 N–H and O–H groups in total. The van der Waals surface area contributed by atoms with Gasteiger partial charge in [0.1, 0.15) is 6.23 Å². The minimum absolute atomic E-state index is 0.0366. The first-order chi connectivity index (χ1) is 4.51. The Morgan fingerprint density at radius 1 is 1.50 bits per heavy atom. The smallest absolute Gasteiger partial charge is 0.111 e. The van der Waals surface area contributed by atoms with E-state index in [1.807, 2.05) is 0 Å². The Morgan fingerprint density at radius 3 is 2.30 bits per heavy atom. The second kappa shape index (κ2) is 2.51. The van der Waals surface area contributed by atoms with Crippen molar-refractivity contribution in [2.75, 3.05) is 6.54 Å². The molecule has 0 amide bonds. The molecular formula is C8H17NO. The van der Waals surface area contributed by atoms with Crippen LogP contribution in [0.2, 0.25) is 0 Å². The summed E-state index contributed by atoms with van der Waals surface area (Å²) in [5.41, 5.74) is 0.0366. The Hall–Kier alpha value is -0.0800. The van der Waals surface area contributed by atoms with Crippen LogP contribution in [0.4, 0.5) is 0 Å². The largest absolute Gasteiger partial charge is 0.356 e. The zero-order valence-electron chi connectivity index (χ0n) is 7.27. The van der Waals surface area contributed by atoms with Gasteiger partial charge in [-0.05, 0) is 19.8 Å². The molecule has 1 aliphatic rings. The summed E-state index contributed by atoms with van der Waals surface area (Å²) in [7, 11) is 0. The predicted molar refractivity (Wildman–Crippen MR) is 41.8 cm³/mol. The van der Waals surface area contributed by atoms with Crippen molar-refractivity contribution < 1.29 is 4.74 Å². The average Bonchev–Trinajstić information content (AvgIpc) is 2.10. The lowest BCUT2D eigenvalue weighted by Crippen LogP contribution is -2.27. The van der Waals surface area contributed by atoms with E-state index < -0.39 is 0 Å². The van der Waals surface area contributed by atoms with Gasteiger partial charge in [-0.3, -0.25) is 5.32 Å². The van der Waals surface area contributed by atoms with E-state index in [9.17, 15) is 0 Å². The highest BCUT2D eigenvalue weighted by molar-refractivity contribution is 4.82. The van der Waals surface area contributed by atoms with Crippen LogP contribution in [-0.4, -0.2) is 18.4 Å². The van der Waals surface area contributed by atoms with Crippen molar-refractivity contribution in [2.24, 2.45) is 5.92 Å². The third kappa shape index (κ3) is 1.70. The van der Waals surface area contributed by atoms with E-state index in [-0.39, 0.29) is 11.8 Å². The van der Waals surface area contributed by atoms with Crippen LogP contribution < -0.4 is 5.32 Å². The monoisotopic (exact) mass is 143 g/mol. The highest BCUT2D eigenvalue weighted by Gasteiger charge is 2.32. The maximum absolute atomic E-state index is 5.70. The molecule has 0 saturated carbocycles. The Morgan fingerprint density at radius 2 is 2.10 bits per heavy atom. The molecule has 1 rings (SSSR count). The summed E-state index contributed by atoms with van der Waals surface area (Å²) >= 11 is 0. The zero-order chi connectivity index (χ0) is 7.78. The Balaban J connectivity index is 2.43. The van der Waals surface area contributed by atoms with Gasteiger partial charge < -0.3 is 4.74 Å². The highest BCUT2D eigenvalue weighted by atomic mass is 16.5. The van der Waals surface area contributed by atoms with Crippen LogP contribution in [0.1, 0.15) is 27.7 Å². The van der Waals surface area contributed by atoms with E-state index in [1.165, 1.54) is 0 Å². The molecule has 1 aliphatic heterocycles. The van der Waals surface area contributed by atoms with Gasteiger partial charge in [0.2, 0.25) is 0 Å². The summed E-state index contributed by atoms with van der Waals surface area (Å²) in [6, 6.07) is 0. The van der Waals surface area contributed by atoms with Gasteiger partial charge in [0.05, 0.1) is 5.60 Å². The Bertz CT molecular complexity index is 120. The first-order valence-electron chi connectivity index (χ1n) is 3.92. The standard InChI is InChI=1S/C8H17NO/c1-6(2)7-9-5-8(3,4)10-7/h6-7,9H,5H2,1-4H3. The molecule has 1 saturated heterocycles. The van der Waals surface area contributed by atoms with Gasteiger partial charge in [-0.2, -0.15) is 0 Å². The maximum atomic E-state index is 5.70. The summed E-state index contributed by atoms with van der Waals surface area (Å²) in [4.78, 5) is 0. The Labute approximate surface area is 63.0 Å². The topological polar surface area (TPSA) is 21.3 Å². The molecule has 0 aromatic rings. The van der Waals surface area contributed by atoms with Crippen molar-refractivity contribution in [1.82, 2.24) is 5.32 Å². The third-order valence-electron chi connectivity index (χ3n) is 1.78. The lowest BCUT2D eigenvalue weighted by Gasteiger charge is -2.19. The van der Waals surface area contributed by atoms with E-state index in [0.717, 1.165) is 6.54 Å². The van der Waals surface area contributed by atoms with Gasteiger partial charge in [-0.25, -0.2) is 0 Å². The molecule has 0 radical (unpaired) electrons. The SMILES string of the molecule is CC(C)C1NCC(C)(C)O1. The second-order valence-electron chi connectivity index (χ2n) is 3.92. The molecule has 2 heteroatoms. The fourth-order valence-electron chi connectivity index (χ4n) is 1.15. The summed E-state index contributed by atoms with van der Waals surface area (Å²) in [5.74, 6) is 0.571. The van der Waals surface area contributed by atoms with Gasteiger partial charge in [0.25, 0.3) is 0 Å². The Kier molecular flexibility index (Phi) is 2.02. The number of hydrogen-bond donors (Lipinski definition) is 1. The fraction of sp³-hybridized carbons (Fsp3) is 1.00. The van der Waals surface area contributed by atoms with Crippen molar-refractivity contribution in [2.45, 2.75) is 39.5 Å². The van der Waals surface area contributed by atoms with Crippen LogP contribution >= 0.6 is 0 Å². The van der Waals surface area contributed by atoms with Crippen LogP contribution in [0, 0.1) is 5.92 Å². The van der Waals surface area contributed by atoms with Crippen LogP contribution in [0.5, 0.6) is 0 Å². The lowest BCUT2D eigenvalue weighted by molar-refractivity contribution is -0.0349. The van der Waals surface area contributed by atoms with Crippen molar-refractivity contribution >= 4 is 0 Å². The van der Waals surface area contributed by atoms with Gasteiger partial charge in [-0.15, -0.1) is 0 Å². The molecule has 0 bridgehead atoms. The first-order valence-corrected chi connectivity index (χ1v) is 3.92. The van der Waals surface area contributed by atoms with Crippen LogP contribution in [0.25, 0.3) is 0 Å². The molecule has 0 aromatic carbocycles. The summed E-state index contributed by atoms with van der Waals surface area (Å²) in [6.45, 7) is 9.53. The number of rotatable bonds is 1. The first kappa shape index (κ1) is 8.02. The second-order valence-corrected chi connectivity index (χ2v) is 3.92. The molecule has 1 unspecified atom stereocenters. The van der Waals surface area contributed by atoms with Gasteiger partial charge in [0, 0.05) is 6.54 Å². The molecule has 0 spiro atoms. The quantitative estimate of drug-likeness (QED) is 0.598. The van der Waals surface area contributed by atoms with Gasteiger partial charge >= 0.3 is 0 Å². The highest BCUT2D eigenvalue weighted by Crippen LogP contribution is 2.20. The lowest BCUT2D eigenvalue weighted by atomic mass is 10.1. The summed E-state index contributed by atoms with van der Waals surface area (Å²) in [6.07, 6.45) is 0.259. The van der Waals surface area contributed by atoms with Crippen molar-refractivity contribution in [1.29, 1.82) is 0 Å². The van der Waals surface area contributed by atoms with Gasteiger partial charge in [0.15, 0.2) is 0 Å².